The number of carbonyl (C=O) groups is 1. The Morgan fingerprint density at radius 3 is 2.87 bits per heavy atom. The Morgan fingerprint density at radius 2 is 2.27 bits per heavy atom. The molecule has 1 aromatic carbocycles. The van der Waals surface area contributed by atoms with Crippen molar-refractivity contribution < 1.29 is 9.53 Å². The van der Waals surface area contributed by atoms with Gasteiger partial charge in [0, 0.05) is 9.61 Å². The summed E-state index contributed by atoms with van der Waals surface area (Å²) in [5.41, 5.74) is 1.00. The molecule has 0 atom stereocenters. The number of ether oxygens (including phenoxy) is 1. The fraction of sp³-hybridized carbons (Fsp3) is 0.364. The molecule has 0 radical (unpaired) electrons. The van der Waals surface area contributed by atoms with Crippen LogP contribution in [0.5, 0.6) is 0 Å². The van der Waals surface area contributed by atoms with E-state index in [1.165, 1.54) is 0 Å². The minimum Gasteiger partial charge on any atom is -0.445 e. The predicted octanol–water partition coefficient (Wildman–Crippen LogP) is 2.93. The molecule has 3 nitrogen and oxygen atoms in total. The predicted molar refractivity (Wildman–Crippen MR) is 67.6 cm³/mol. The van der Waals surface area contributed by atoms with E-state index in [1.54, 1.807) is 0 Å². The first-order chi connectivity index (χ1) is 7.08. The Labute approximate surface area is 103 Å². The molecule has 0 aliphatic heterocycles. The molecule has 0 unspecified atom stereocenters. The van der Waals surface area contributed by atoms with Crippen LogP contribution in [-0.4, -0.2) is 12.1 Å². The molecule has 1 amide bonds. The van der Waals surface area contributed by atoms with Crippen molar-refractivity contribution in [1.29, 1.82) is 0 Å². The highest BCUT2D eigenvalue weighted by atomic mass is 131. The van der Waals surface area contributed by atoms with Gasteiger partial charge in [0.25, 0.3) is 0 Å². The Balaban J connectivity index is 2.40. The third kappa shape index (κ3) is 5.01. The third-order valence-corrected chi connectivity index (χ3v) is 2.34. The van der Waals surface area contributed by atoms with Crippen LogP contribution in [0.3, 0.4) is 0 Å². The van der Waals surface area contributed by atoms with Crippen LogP contribution in [0.1, 0.15) is 19.4 Å². The maximum atomic E-state index is 11.2. The number of nitrogens with one attached hydrogen (secondary N) is 1. The van der Waals surface area contributed by atoms with Crippen LogP contribution in [0.4, 0.5) is 4.79 Å². The maximum absolute atomic E-state index is 11.2. The first-order valence-electron chi connectivity index (χ1n) is 4.75. The van der Waals surface area contributed by atoms with Gasteiger partial charge in [-0.15, -0.1) is 0 Å². The van der Waals surface area contributed by atoms with Gasteiger partial charge in [-0.2, -0.15) is 0 Å². The molecule has 0 aromatic heterocycles. The number of amides is 1. The number of rotatable bonds is 3. The van der Waals surface area contributed by atoms with Crippen molar-refractivity contribution in [1.82, 2.24) is 5.32 Å². The molecule has 0 aliphatic carbocycles. The van der Waals surface area contributed by atoms with Gasteiger partial charge in [-0.05, 0) is 54.1 Å². The fourth-order valence-corrected chi connectivity index (χ4v) is 1.66. The van der Waals surface area contributed by atoms with Crippen LogP contribution in [0.15, 0.2) is 24.3 Å². The Morgan fingerprint density at radius 1 is 1.53 bits per heavy atom. The molecule has 1 aromatic rings. The van der Waals surface area contributed by atoms with Crippen LogP contribution in [0.2, 0.25) is 0 Å². The number of benzene rings is 1. The molecule has 0 aliphatic rings. The van der Waals surface area contributed by atoms with E-state index in [0.29, 0.717) is 6.61 Å². The summed E-state index contributed by atoms with van der Waals surface area (Å²) in [4.78, 5) is 11.2. The Hall–Kier alpha value is -0.780. The van der Waals surface area contributed by atoms with Crippen LogP contribution < -0.4 is 5.32 Å². The van der Waals surface area contributed by atoms with E-state index >= 15 is 0 Å². The maximum Gasteiger partial charge on any atom is 0.407 e. The van der Waals surface area contributed by atoms with Gasteiger partial charge in [0.1, 0.15) is 6.61 Å². The lowest BCUT2D eigenvalue weighted by molar-refractivity contribution is 0.137. The van der Waals surface area contributed by atoms with Crippen molar-refractivity contribution in [3.8, 4) is 0 Å². The second-order valence-corrected chi connectivity index (χ2v) is 4.75. The van der Waals surface area contributed by atoms with Crippen molar-refractivity contribution in [2.75, 3.05) is 0 Å². The fourth-order valence-electron chi connectivity index (χ4n) is 1.05. The number of hydrogen-bond acceptors (Lipinski definition) is 2. The minimum atomic E-state index is -0.371. The summed E-state index contributed by atoms with van der Waals surface area (Å²) < 4.78 is 6.18. The largest absolute Gasteiger partial charge is 0.445 e. The molecule has 4 heteroatoms. The third-order valence-electron chi connectivity index (χ3n) is 1.67. The number of hydrogen-bond donors (Lipinski definition) is 1. The van der Waals surface area contributed by atoms with E-state index in [4.69, 9.17) is 4.74 Å². The van der Waals surface area contributed by atoms with Crippen LogP contribution in [0.25, 0.3) is 0 Å². The van der Waals surface area contributed by atoms with Gasteiger partial charge >= 0.3 is 6.09 Å². The molecule has 0 fully saturated rings. The summed E-state index contributed by atoms with van der Waals surface area (Å²) in [6, 6.07) is 7.97. The van der Waals surface area contributed by atoms with Crippen molar-refractivity contribution in [3.63, 3.8) is 0 Å². The summed E-state index contributed by atoms with van der Waals surface area (Å²) in [7, 11) is 0. The van der Waals surface area contributed by atoms with Crippen LogP contribution >= 0.6 is 22.6 Å². The number of alkyl carbamates (subject to hydrolysis) is 1. The van der Waals surface area contributed by atoms with Crippen molar-refractivity contribution in [3.05, 3.63) is 33.4 Å². The molecule has 0 saturated carbocycles. The van der Waals surface area contributed by atoms with Gasteiger partial charge in [0.15, 0.2) is 0 Å². The molecule has 82 valence electrons. The zero-order valence-electron chi connectivity index (χ0n) is 8.79. The van der Waals surface area contributed by atoms with Crippen molar-refractivity contribution >= 4 is 28.7 Å². The zero-order chi connectivity index (χ0) is 11.3. The second kappa shape index (κ2) is 5.95. The normalized spacial score (nSPS) is 10.1. The van der Waals surface area contributed by atoms with Crippen LogP contribution in [0, 0.1) is 3.57 Å². The SMILES string of the molecule is CC(C)NC(=O)OCc1cccc([131I])c1. The van der Waals surface area contributed by atoms with Crippen molar-refractivity contribution in [2.45, 2.75) is 26.5 Å². The quantitative estimate of drug-likeness (QED) is 0.869. The summed E-state index contributed by atoms with van der Waals surface area (Å²) >= 11 is 2.23. The van der Waals surface area contributed by atoms with Crippen molar-refractivity contribution in [2.24, 2.45) is 0 Å². The van der Waals surface area contributed by atoms with E-state index in [1.807, 2.05) is 38.1 Å². The summed E-state index contributed by atoms with van der Waals surface area (Å²) in [6.45, 7) is 4.11. The molecule has 1 N–H and O–H groups in total. The van der Waals surface area contributed by atoms with E-state index < -0.39 is 0 Å². The summed E-state index contributed by atoms with van der Waals surface area (Å²) in [5.74, 6) is 0. The molecule has 0 heterocycles. The first kappa shape index (κ1) is 12.3. The van der Waals surface area contributed by atoms with Gasteiger partial charge in [-0.25, -0.2) is 4.79 Å². The lowest BCUT2D eigenvalue weighted by atomic mass is 10.2. The first-order valence-corrected chi connectivity index (χ1v) is 5.83. The highest BCUT2D eigenvalue weighted by Gasteiger charge is 2.03. The van der Waals surface area contributed by atoms with Gasteiger partial charge in [0.05, 0.1) is 0 Å². The summed E-state index contributed by atoms with van der Waals surface area (Å²) in [5, 5.41) is 2.66. The molecular formula is C11H14INO2. The average Bonchev–Trinajstić information content (AvgIpc) is 2.14. The smallest absolute Gasteiger partial charge is 0.407 e. The minimum absolute atomic E-state index is 0.105. The highest BCUT2D eigenvalue weighted by molar-refractivity contribution is 14.1. The lowest BCUT2D eigenvalue weighted by Crippen LogP contribution is -2.30. The standard InChI is InChI=1S/C11H14INO2/c1-8(2)13-11(14)15-7-9-4-3-5-10(12)6-9/h3-6,8H,7H2,1-2H3,(H,13,14)/i12+4. The molecule has 0 spiro atoms. The molecule has 1 rings (SSSR count). The molecule has 0 bridgehead atoms. The Kier molecular flexibility index (Phi) is 4.87. The number of halogens is 1. The lowest BCUT2D eigenvalue weighted by Gasteiger charge is -2.09. The average molecular weight is 323 g/mol. The Bertz CT molecular complexity index is 339. The van der Waals surface area contributed by atoms with Gasteiger partial charge in [-0.1, -0.05) is 12.1 Å². The second-order valence-electron chi connectivity index (χ2n) is 3.51. The van der Waals surface area contributed by atoms with Crippen LogP contribution in [-0.2, 0) is 11.3 Å². The molecule has 0 saturated heterocycles. The molecular weight excluding hydrogens is 309 g/mol. The van der Waals surface area contributed by atoms with E-state index in [2.05, 4.69) is 27.9 Å². The topological polar surface area (TPSA) is 38.3 Å². The van der Waals surface area contributed by atoms with Gasteiger partial charge in [0.2, 0.25) is 0 Å². The van der Waals surface area contributed by atoms with Gasteiger partial charge in [-0.3, -0.25) is 0 Å². The van der Waals surface area contributed by atoms with E-state index in [9.17, 15) is 4.79 Å². The van der Waals surface area contributed by atoms with E-state index in [0.717, 1.165) is 9.13 Å². The zero-order valence-corrected chi connectivity index (χ0v) is 10.9. The highest BCUT2D eigenvalue weighted by Crippen LogP contribution is 2.08. The monoisotopic (exact) mass is 323 g/mol. The van der Waals surface area contributed by atoms with Gasteiger partial charge < -0.3 is 10.1 Å². The van der Waals surface area contributed by atoms with E-state index in [-0.39, 0.29) is 12.1 Å². The number of carbonyl (C=O) groups excluding carboxylic acids is 1. The summed E-state index contributed by atoms with van der Waals surface area (Å²) in [6.07, 6.45) is -0.371. The molecule has 15 heavy (non-hydrogen) atoms.